The summed E-state index contributed by atoms with van der Waals surface area (Å²) in [4.78, 5) is 22.4. The van der Waals surface area contributed by atoms with E-state index in [1.54, 1.807) is 18.2 Å². The zero-order chi connectivity index (χ0) is 15.2. The van der Waals surface area contributed by atoms with Crippen LogP contribution in [-0.2, 0) is 9.53 Å². The number of carbonyl (C=O) groups is 2. The molecule has 21 heavy (non-hydrogen) atoms. The highest BCUT2D eigenvalue weighted by Crippen LogP contribution is 2.32. The molecule has 1 aromatic carbocycles. The van der Waals surface area contributed by atoms with Crippen LogP contribution in [0, 0.1) is 0 Å². The molecule has 0 saturated carbocycles. The number of rotatable bonds is 5. The lowest BCUT2D eigenvalue weighted by molar-refractivity contribution is -0.147. The summed E-state index contributed by atoms with van der Waals surface area (Å²) in [7, 11) is 1.26. The molecule has 8 heteroatoms. The van der Waals surface area contributed by atoms with Crippen molar-refractivity contribution >= 4 is 17.7 Å². The van der Waals surface area contributed by atoms with E-state index in [9.17, 15) is 9.59 Å². The van der Waals surface area contributed by atoms with Crippen LogP contribution in [0.2, 0.25) is 0 Å². The molecule has 1 aliphatic heterocycles. The molecule has 1 atom stereocenters. The van der Waals surface area contributed by atoms with E-state index in [4.69, 9.17) is 19.3 Å². The maximum absolute atomic E-state index is 11.7. The van der Waals surface area contributed by atoms with Crippen LogP contribution in [0.4, 0.5) is 10.5 Å². The molecular weight excluding hydrogens is 280 g/mol. The minimum absolute atomic E-state index is 0.137. The Bertz CT molecular complexity index is 533. The van der Waals surface area contributed by atoms with Gasteiger partial charge in [-0.3, -0.25) is 0 Å². The number of urea groups is 1. The van der Waals surface area contributed by atoms with Gasteiger partial charge in [-0.05, 0) is 12.1 Å². The highest BCUT2D eigenvalue weighted by Gasteiger charge is 2.17. The van der Waals surface area contributed by atoms with Crippen LogP contribution >= 0.6 is 0 Å². The molecule has 2 rings (SSSR count). The Morgan fingerprint density at radius 3 is 2.71 bits per heavy atom. The van der Waals surface area contributed by atoms with Crippen LogP contribution in [0.1, 0.15) is 0 Å². The van der Waals surface area contributed by atoms with Crippen LogP contribution < -0.4 is 20.1 Å². The summed E-state index contributed by atoms with van der Waals surface area (Å²) in [6.07, 6.45) is -1.09. The Hall–Kier alpha value is -2.48. The number of amides is 2. The molecular formula is C13H16N2O6. The summed E-state index contributed by atoms with van der Waals surface area (Å²) in [6.45, 7) is 0.812. The number of methoxy groups -OCH3 is 1. The van der Waals surface area contributed by atoms with Crippen LogP contribution in [0.25, 0.3) is 0 Å². The first kappa shape index (κ1) is 14.9. The van der Waals surface area contributed by atoms with Crippen LogP contribution in [0.15, 0.2) is 18.2 Å². The lowest BCUT2D eigenvalue weighted by Gasteiger charge is -2.19. The highest BCUT2D eigenvalue weighted by atomic mass is 16.6. The summed E-state index contributed by atoms with van der Waals surface area (Å²) in [6, 6.07) is 4.46. The average Bonchev–Trinajstić information content (AvgIpc) is 2.47. The van der Waals surface area contributed by atoms with Gasteiger partial charge in [0.05, 0.1) is 6.54 Å². The molecule has 1 aromatic rings. The second-order valence-corrected chi connectivity index (χ2v) is 4.26. The van der Waals surface area contributed by atoms with Crippen molar-refractivity contribution < 1.29 is 28.9 Å². The van der Waals surface area contributed by atoms with Crippen molar-refractivity contribution in [2.24, 2.45) is 0 Å². The Morgan fingerprint density at radius 1 is 1.33 bits per heavy atom. The van der Waals surface area contributed by atoms with Gasteiger partial charge in [-0.1, -0.05) is 0 Å². The van der Waals surface area contributed by atoms with Gasteiger partial charge in [0.15, 0.2) is 17.6 Å². The van der Waals surface area contributed by atoms with E-state index in [1.807, 2.05) is 0 Å². The van der Waals surface area contributed by atoms with Crippen LogP contribution in [0.5, 0.6) is 11.5 Å². The third kappa shape index (κ3) is 3.99. The van der Waals surface area contributed by atoms with Gasteiger partial charge in [0.25, 0.3) is 0 Å². The number of fused-ring (bicyclic) bond motifs is 1. The van der Waals surface area contributed by atoms with Crippen LogP contribution in [0.3, 0.4) is 0 Å². The van der Waals surface area contributed by atoms with Crippen LogP contribution in [-0.4, -0.2) is 50.1 Å². The molecule has 8 nitrogen and oxygen atoms in total. The summed E-state index contributed by atoms with van der Waals surface area (Å²) < 4.78 is 15.5. The van der Waals surface area contributed by atoms with Gasteiger partial charge in [-0.25, -0.2) is 9.59 Å². The van der Waals surface area contributed by atoms with Crippen molar-refractivity contribution in [2.75, 3.05) is 32.2 Å². The molecule has 0 fully saturated rings. The van der Waals surface area contributed by atoms with E-state index in [0.29, 0.717) is 30.4 Å². The Kier molecular flexibility index (Phi) is 4.83. The topological polar surface area (TPSA) is 106 Å². The normalized spacial score (nSPS) is 14.1. The van der Waals surface area contributed by atoms with Crippen molar-refractivity contribution in [2.45, 2.75) is 6.10 Å². The molecule has 0 bridgehead atoms. The highest BCUT2D eigenvalue weighted by molar-refractivity contribution is 5.90. The number of carboxylic acids is 1. The molecule has 0 aliphatic carbocycles. The van der Waals surface area contributed by atoms with Crippen molar-refractivity contribution in [3.05, 3.63) is 18.2 Å². The van der Waals surface area contributed by atoms with Crippen molar-refractivity contribution in [3.63, 3.8) is 0 Å². The summed E-state index contributed by atoms with van der Waals surface area (Å²) in [5.41, 5.74) is 0.515. The lowest BCUT2D eigenvalue weighted by Crippen LogP contribution is -2.39. The molecule has 3 N–H and O–H groups in total. The number of anilines is 1. The van der Waals surface area contributed by atoms with E-state index < -0.39 is 18.1 Å². The number of carboxylic acid groups (broad SMARTS) is 1. The standard InChI is InChI=1S/C13H16N2O6/c1-19-11(12(16)17)7-14-13(18)15-8-2-3-9-10(6-8)21-5-4-20-9/h2-3,6,11H,4-5,7H2,1H3,(H,16,17)(H2,14,15,18). The molecule has 0 spiro atoms. The second-order valence-electron chi connectivity index (χ2n) is 4.26. The third-order valence-corrected chi connectivity index (χ3v) is 2.81. The predicted octanol–water partition coefficient (Wildman–Crippen LogP) is 0.679. The van der Waals surface area contributed by atoms with Gasteiger partial charge in [0.1, 0.15) is 13.2 Å². The van der Waals surface area contributed by atoms with Gasteiger partial charge in [0.2, 0.25) is 0 Å². The van der Waals surface area contributed by atoms with E-state index in [1.165, 1.54) is 7.11 Å². The summed E-state index contributed by atoms with van der Waals surface area (Å²) >= 11 is 0. The minimum Gasteiger partial charge on any atom is -0.486 e. The molecule has 1 heterocycles. The number of ether oxygens (including phenoxy) is 3. The fourth-order valence-electron chi connectivity index (χ4n) is 1.75. The van der Waals surface area contributed by atoms with Crippen molar-refractivity contribution in [3.8, 4) is 11.5 Å². The van der Waals surface area contributed by atoms with Crippen molar-refractivity contribution in [1.82, 2.24) is 5.32 Å². The second kappa shape index (κ2) is 6.80. The van der Waals surface area contributed by atoms with Crippen molar-refractivity contribution in [1.29, 1.82) is 0 Å². The Balaban J connectivity index is 1.89. The van der Waals surface area contributed by atoms with Gasteiger partial charge < -0.3 is 30.0 Å². The molecule has 0 radical (unpaired) electrons. The van der Waals surface area contributed by atoms with Gasteiger partial charge in [0, 0.05) is 18.9 Å². The number of aliphatic carboxylic acids is 1. The van der Waals surface area contributed by atoms with E-state index in [0.717, 1.165) is 0 Å². The largest absolute Gasteiger partial charge is 0.486 e. The van der Waals surface area contributed by atoms with Gasteiger partial charge in [-0.2, -0.15) is 0 Å². The van der Waals surface area contributed by atoms with E-state index in [-0.39, 0.29) is 6.54 Å². The quantitative estimate of drug-likeness (QED) is 0.737. The maximum atomic E-state index is 11.7. The first-order valence-corrected chi connectivity index (χ1v) is 6.30. The lowest BCUT2D eigenvalue weighted by atomic mass is 10.2. The SMILES string of the molecule is COC(CNC(=O)Nc1ccc2c(c1)OCCO2)C(=O)O. The summed E-state index contributed by atoms with van der Waals surface area (Å²) in [5, 5.41) is 13.8. The minimum atomic E-state index is -1.14. The third-order valence-electron chi connectivity index (χ3n) is 2.81. The maximum Gasteiger partial charge on any atom is 0.334 e. The zero-order valence-electron chi connectivity index (χ0n) is 11.4. The monoisotopic (exact) mass is 296 g/mol. The molecule has 0 saturated heterocycles. The number of hydrogen-bond acceptors (Lipinski definition) is 5. The molecule has 114 valence electrons. The molecule has 0 aromatic heterocycles. The van der Waals surface area contributed by atoms with E-state index >= 15 is 0 Å². The Labute approximate surface area is 121 Å². The number of carbonyl (C=O) groups excluding carboxylic acids is 1. The van der Waals surface area contributed by atoms with E-state index in [2.05, 4.69) is 10.6 Å². The summed E-state index contributed by atoms with van der Waals surface area (Å²) in [5.74, 6) is 0.0361. The van der Waals surface area contributed by atoms with Gasteiger partial charge >= 0.3 is 12.0 Å². The molecule has 1 unspecified atom stereocenters. The zero-order valence-corrected chi connectivity index (χ0v) is 11.4. The first-order valence-electron chi connectivity index (χ1n) is 6.30. The van der Waals surface area contributed by atoms with Gasteiger partial charge in [-0.15, -0.1) is 0 Å². The first-order chi connectivity index (χ1) is 10.1. The Morgan fingerprint density at radius 2 is 2.05 bits per heavy atom. The molecule has 1 aliphatic rings. The number of nitrogens with one attached hydrogen (secondary N) is 2. The fraction of sp³-hybridized carbons (Fsp3) is 0.385. The predicted molar refractivity (Wildman–Crippen MR) is 72.9 cm³/mol. The molecule has 2 amide bonds. The number of hydrogen-bond donors (Lipinski definition) is 3. The average molecular weight is 296 g/mol. The fourth-order valence-corrected chi connectivity index (χ4v) is 1.75. The smallest absolute Gasteiger partial charge is 0.334 e. The number of benzene rings is 1.